The fourth-order valence-electron chi connectivity index (χ4n) is 1.70. The molecule has 1 aromatic carbocycles. The molecule has 0 radical (unpaired) electrons. The van der Waals surface area contributed by atoms with Crippen LogP contribution in [-0.2, 0) is 0 Å². The number of hydrogen-bond donors (Lipinski definition) is 1. The molecule has 0 fully saturated rings. The molecule has 0 saturated carbocycles. The highest BCUT2D eigenvalue weighted by Gasteiger charge is 2.09. The zero-order valence-electron chi connectivity index (χ0n) is 10.0. The average molecular weight is 241 g/mol. The summed E-state index contributed by atoms with van der Waals surface area (Å²) < 4.78 is 5.22. The van der Waals surface area contributed by atoms with E-state index in [4.69, 9.17) is 10.00 Å². The summed E-state index contributed by atoms with van der Waals surface area (Å²) in [7, 11) is 1.53. The van der Waals surface area contributed by atoms with Crippen molar-refractivity contribution < 1.29 is 4.74 Å². The third-order valence-electron chi connectivity index (χ3n) is 2.46. The zero-order chi connectivity index (χ0) is 13.1. The third-order valence-corrected chi connectivity index (χ3v) is 2.46. The van der Waals surface area contributed by atoms with E-state index < -0.39 is 0 Å². The van der Waals surface area contributed by atoms with Gasteiger partial charge in [0.05, 0.1) is 24.4 Å². The molecule has 0 unspecified atom stereocenters. The van der Waals surface area contributed by atoms with Gasteiger partial charge in [0.2, 0.25) is 0 Å². The van der Waals surface area contributed by atoms with E-state index in [9.17, 15) is 4.79 Å². The van der Waals surface area contributed by atoms with Crippen LogP contribution in [0.25, 0.3) is 11.3 Å². The molecule has 0 aliphatic rings. The molecule has 0 atom stereocenters. The third kappa shape index (κ3) is 2.23. The van der Waals surface area contributed by atoms with E-state index in [-0.39, 0.29) is 5.56 Å². The number of nitrogens with zero attached hydrogens (tertiary/aromatic N) is 2. The maximum Gasteiger partial charge on any atom is 0.251 e. The second-order valence-electron chi connectivity index (χ2n) is 3.74. The fraction of sp³-hybridized carbons (Fsp3) is 0.154. The van der Waals surface area contributed by atoms with E-state index >= 15 is 0 Å². The smallest absolute Gasteiger partial charge is 0.251 e. The van der Waals surface area contributed by atoms with Gasteiger partial charge in [0, 0.05) is 11.6 Å². The summed E-state index contributed by atoms with van der Waals surface area (Å²) >= 11 is 0. The molecular weight excluding hydrogens is 230 g/mol. The van der Waals surface area contributed by atoms with Crippen LogP contribution in [-0.4, -0.2) is 17.1 Å². The number of benzene rings is 1. The number of aromatic nitrogens is 2. The Kier molecular flexibility index (Phi) is 3.11. The standard InChI is InChI=1S/C13H11N3O2/c1-8-15-11(6-13(17)16-8)10-5-9(7-14)3-4-12(10)18-2/h3-6H,1-2H3,(H,15,16,17). The van der Waals surface area contributed by atoms with E-state index in [1.165, 1.54) is 13.2 Å². The van der Waals surface area contributed by atoms with Crippen molar-refractivity contribution in [2.24, 2.45) is 0 Å². The predicted octanol–water partition coefficient (Wildman–Crippen LogP) is 1.63. The minimum Gasteiger partial charge on any atom is -0.496 e. The van der Waals surface area contributed by atoms with E-state index in [0.29, 0.717) is 28.4 Å². The lowest BCUT2D eigenvalue weighted by Crippen LogP contribution is -2.08. The monoisotopic (exact) mass is 241 g/mol. The van der Waals surface area contributed by atoms with Crippen molar-refractivity contribution in [3.05, 3.63) is 46.0 Å². The Bertz CT molecular complexity index is 683. The van der Waals surface area contributed by atoms with Crippen molar-refractivity contribution in [1.29, 1.82) is 5.26 Å². The largest absolute Gasteiger partial charge is 0.496 e. The molecule has 18 heavy (non-hydrogen) atoms. The number of nitrogens with one attached hydrogen (secondary N) is 1. The maximum absolute atomic E-state index is 11.4. The van der Waals surface area contributed by atoms with Crippen LogP contribution in [0, 0.1) is 18.3 Å². The van der Waals surface area contributed by atoms with Gasteiger partial charge in [-0.1, -0.05) is 0 Å². The first-order valence-corrected chi connectivity index (χ1v) is 5.30. The molecule has 0 bridgehead atoms. The highest BCUT2D eigenvalue weighted by molar-refractivity contribution is 5.68. The molecule has 2 rings (SSSR count). The molecule has 1 heterocycles. The van der Waals surface area contributed by atoms with Crippen LogP contribution in [0.3, 0.4) is 0 Å². The summed E-state index contributed by atoms with van der Waals surface area (Å²) in [5, 5.41) is 8.90. The Morgan fingerprint density at radius 2 is 2.17 bits per heavy atom. The van der Waals surface area contributed by atoms with E-state index in [2.05, 4.69) is 9.97 Å². The van der Waals surface area contributed by atoms with E-state index in [1.807, 2.05) is 6.07 Å². The van der Waals surface area contributed by atoms with Gasteiger partial charge >= 0.3 is 0 Å². The van der Waals surface area contributed by atoms with Crippen LogP contribution in [0.4, 0.5) is 0 Å². The van der Waals surface area contributed by atoms with Gasteiger partial charge in [-0.25, -0.2) is 4.98 Å². The average Bonchev–Trinajstić information content (AvgIpc) is 2.36. The number of aryl methyl sites for hydroxylation is 1. The lowest BCUT2D eigenvalue weighted by molar-refractivity contribution is 0.416. The number of aromatic amines is 1. The van der Waals surface area contributed by atoms with Gasteiger partial charge in [0.1, 0.15) is 11.6 Å². The number of methoxy groups -OCH3 is 1. The number of rotatable bonds is 2. The van der Waals surface area contributed by atoms with Crippen molar-refractivity contribution >= 4 is 0 Å². The Balaban J connectivity index is 2.68. The van der Waals surface area contributed by atoms with Crippen LogP contribution >= 0.6 is 0 Å². The SMILES string of the molecule is COc1ccc(C#N)cc1-c1cc(=O)[nH]c(C)n1. The Morgan fingerprint density at radius 3 is 2.78 bits per heavy atom. The van der Waals surface area contributed by atoms with E-state index in [1.54, 1.807) is 25.1 Å². The molecule has 0 aliphatic heterocycles. The normalized spacial score (nSPS) is 9.83. The molecule has 0 aliphatic carbocycles. The Hall–Kier alpha value is -2.61. The van der Waals surface area contributed by atoms with Crippen LogP contribution in [0.2, 0.25) is 0 Å². The molecule has 90 valence electrons. The molecule has 0 amide bonds. The summed E-state index contributed by atoms with van der Waals surface area (Å²) in [4.78, 5) is 18.3. The molecule has 1 aromatic heterocycles. The van der Waals surface area contributed by atoms with Crippen molar-refractivity contribution in [3.8, 4) is 23.1 Å². The van der Waals surface area contributed by atoms with Gasteiger partial charge in [-0.05, 0) is 25.1 Å². The molecule has 2 aromatic rings. The number of nitriles is 1. The fourth-order valence-corrected chi connectivity index (χ4v) is 1.70. The van der Waals surface area contributed by atoms with Crippen LogP contribution < -0.4 is 10.3 Å². The van der Waals surface area contributed by atoms with Crippen LogP contribution in [0.1, 0.15) is 11.4 Å². The number of ether oxygens (including phenoxy) is 1. The molecule has 5 heteroatoms. The number of H-pyrrole nitrogens is 1. The Morgan fingerprint density at radius 1 is 1.39 bits per heavy atom. The first-order valence-electron chi connectivity index (χ1n) is 5.30. The minimum atomic E-state index is -0.234. The summed E-state index contributed by atoms with van der Waals surface area (Å²) in [5.41, 5.74) is 1.38. The maximum atomic E-state index is 11.4. The molecular formula is C13H11N3O2. The highest BCUT2D eigenvalue weighted by atomic mass is 16.5. The molecule has 1 N–H and O–H groups in total. The van der Waals surface area contributed by atoms with Crippen LogP contribution in [0.15, 0.2) is 29.1 Å². The van der Waals surface area contributed by atoms with Gasteiger partial charge in [0.15, 0.2) is 0 Å². The van der Waals surface area contributed by atoms with Gasteiger partial charge in [-0.2, -0.15) is 5.26 Å². The van der Waals surface area contributed by atoms with Crippen molar-refractivity contribution in [2.45, 2.75) is 6.92 Å². The minimum absolute atomic E-state index is 0.234. The molecule has 5 nitrogen and oxygen atoms in total. The highest BCUT2D eigenvalue weighted by Crippen LogP contribution is 2.28. The van der Waals surface area contributed by atoms with Crippen molar-refractivity contribution in [2.75, 3.05) is 7.11 Å². The summed E-state index contributed by atoms with van der Waals surface area (Å²) in [5.74, 6) is 1.09. The second kappa shape index (κ2) is 4.72. The summed E-state index contributed by atoms with van der Waals surface area (Å²) in [6.45, 7) is 1.70. The van der Waals surface area contributed by atoms with Crippen LogP contribution in [0.5, 0.6) is 5.75 Å². The number of hydrogen-bond acceptors (Lipinski definition) is 4. The van der Waals surface area contributed by atoms with Gasteiger partial charge in [-0.3, -0.25) is 4.79 Å². The quantitative estimate of drug-likeness (QED) is 0.866. The molecule has 0 spiro atoms. The van der Waals surface area contributed by atoms with Gasteiger partial charge in [-0.15, -0.1) is 0 Å². The van der Waals surface area contributed by atoms with Crippen molar-refractivity contribution in [3.63, 3.8) is 0 Å². The zero-order valence-corrected chi connectivity index (χ0v) is 10.0. The predicted molar refractivity (Wildman–Crippen MR) is 66.3 cm³/mol. The molecule has 0 saturated heterocycles. The van der Waals surface area contributed by atoms with Gasteiger partial charge < -0.3 is 9.72 Å². The lowest BCUT2D eigenvalue weighted by Gasteiger charge is -2.08. The summed E-state index contributed by atoms with van der Waals surface area (Å²) in [6.07, 6.45) is 0. The topological polar surface area (TPSA) is 78.8 Å². The van der Waals surface area contributed by atoms with Crippen molar-refractivity contribution in [1.82, 2.24) is 9.97 Å². The Labute approximate surface area is 104 Å². The first-order chi connectivity index (χ1) is 8.63. The first kappa shape index (κ1) is 11.9. The summed E-state index contributed by atoms with van der Waals surface area (Å²) in [6, 6.07) is 8.42. The van der Waals surface area contributed by atoms with Gasteiger partial charge in [0.25, 0.3) is 5.56 Å². The second-order valence-corrected chi connectivity index (χ2v) is 3.74. The van der Waals surface area contributed by atoms with E-state index in [0.717, 1.165) is 0 Å². The lowest BCUT2D eigenvalue weighted by atomic mass is 10.1.